The highest BCUT2D eigenvalue weighted by Crippen LogP contribution is 2.00. The van der Waals surface area contributed by atoms with Crippen molar-refractivity contribution in [1.82, 2.24) is 10.6 Å². The van der Waals surface area contributed by atoms with E-state index in [0.29, 0.717) is 24.2 Å². The van der Waals surface area contributed by atoms with E-state index in [1.54, 1.807) is 0 Å². The SMILES string of the molecule is CC(C)NC(NC(C)C)C(C)C. The van der Waals surface area contributed by atoms with Crippen LogP contribution in [0.25, 0.3) is 0 Å². The highest BCUT2D eigenvalue weighted by Gasteiger charge is 2.13. The normalized spacial score (nSPS) is 12.5. The molecular weight excluding hydrogens is 148 g/mol. The number of hydrogen-bond donors (Lipinski definition) is 2. The summed E-state index contributed by atoms with van der Waals surface area (Å²) < 4.78 is 0. The molecule has 74 valence electrons. The molecule has 0 bridgehead atoms. The van der Waals surface area contributed by atoms with Crippen LogP contribution < -0.4 is 10.6 Å². The van der Waals surface area contributed by atoms with Crippen LogP contribution in [0.4, 0.5) is 0 Å². The monoisotopic (exact) mass is 172 g/mol. The summed E-state index contributed by atoms with van der Waals surface area (Å²) in [5.41, 5.74) is 0. The largest absolute Gasteiger partial charge is 0.299 e. The van der Waals surface area contributed by atoms with Gasteiger partial charge in [0.15, 0.2) is 0 Å². The maximum Gasteiger partial charge on any atom is 0.0599 e. The highest BCUT2D eigenvalue weighted by molar-refractivity contribution is 4.72. The van der Waals surface area contributed by atoms with Crippen LogP contribution in [0.1, 0.15) is 41.5 Å². The molecule has 0 aliphatic heterocycles. The smallest absolute Gasteiger partial charge is 0.0599 e. The molecular formula is C10H24N2. The second-order valence-corrected chi connectivity index (χ2v) is 4.36. The van der Waals surface area contributed by atoms with E-state index in [0.717, 1.165) is 0 Å². The quantitative estimate of drug-likeness (QED) is 0.620. The maximum absolute atomic E-state index is 3.50. The van der Waals surface area contributed by atoms with Crippen LogP contribution in [0, 0.1) is 5.92 Å². The molecule has 0 rings (SSSR count). The molecule has 12 heavy (non-hydrogen) atoms. The minimum Gasteiger partial charge on any atom is -0.299 e. The Hall–Kier alpha value is -0.0800. The standard InChI is InChI=1S/C10H24N2/c1-7(2)10(11-8(3)4)12-9(5)6/h7-12H,1-6H3. The van der Waals surface area contributed by atoms with E-state index in [1.165, 1.54) is 0 Å². The van der Waals surface area contributed by atoms with Gasteiger partial charge < -0.3 is 0 Å². The van der Waals surface area contributed by atoms with E-state index >= 15 is 0 Å². The van der Waals surface area contributed by atoms with Crippen molar-refractivity contribution in [1.29, 1.82) is 0 Å². The van der Waals surface area contributed by atoms with Crippen molar-refractivity contribution in [2.75, 3.05) is 0 Å². The first-order valence-corrected chi connectivity index (χ1v) is 4.95. The summed E-state index contributed by atoms with van der Waals surface area (Å²) in [6.07, 6.45) is 0.435. The Morgan fingerprint density at radius 1 is 0.667 bits per heavy atom. The predicted molar refractivity (Wildman–Crippen MR) is 55.2 cm³/mol. The van der Waals surface area contributed by atoms with Crippen LogP contribution >= 0.6 is 0 Å². The molecule has 0 saturated carbocycles. The topological polar surface area (TPSA) is 24.1 Å². The van der Waals surface area contributed by atoms with Gasteiger partial charge in [-0.3, -0.25) is 10.6 Å². The molecule has 0 aromatic heterocycles. The van der Waals surface area contributed by atoms with Gasteiger partial charge in [0, 0.05) is 12.1 Å². The molecule has 0 aromatic rings. The molecule has 0 aromatic carbocycles. The van der Waals surface area contributed by atoms with Crippen molar-refractivity contribution in [3.8, 4) is 0 Å². The van der Waals surface area contributed by atoms with Gasteiger partial charge in [-0.15, -0.1) is 0 Å². The Bertz CT molecular complexity index is 98.4. The molecule has 0 amide bonds. The molecule has 0 spiro atoms. The third-order valence-electron chi connectivity index (χ3n) is 1.69. The molecule has 2 nitrogen and oxygen atoms in total. The van der Waals surface area contributed by atoms with Crippen LogP contribution in [-0.2, 0) is 0 Å². The third kappa shape index (κ3) is 5.56. The Balaban J connectivity index is 3.87. The Morgan fingerprint density at radius 3 is 1.17 bits per heavy atom. The lowest BCUT2D eigenvalue weighted by Gasteiger charge is -2.27. The van der Waals surface area contributed by atoms with E-state index in [9.17, 15) is 0 Å². The fourth-order valence-corrected chi connectivity index (χ4v) is 1.15. The zero-order valence-electron chi connectivity index (χ0n) is 9.31. The van der Waals surface area contributed by atoms with E-state index in [4.69, 9.17) is 0 Å². The van der Waals surface area contributed by atoms with Crippen LogP contribution in [0.3, 0.4) is 0 Å². The first-order chi connectivity index (χ1) is 5.43. The second kappa shape index (κ2) is 5.55. The Kier molecular flexibility index (Phi) is 5.51. The van der Waals surface area contributed by atoms with Gasteiger partial charge >= 0.3 is 0 Å². The van der Waals surface area contributed by atoms with Crippen LogP contribution in [0.5, 0.6) is 0 Å². The van der Waals surface area contributed by atoms with Gasteiger partial charge in [0.25, 0.3) is 0 Å². The summed E-state index contributed by atoms with van der Waals surface area (Å²) in [6, 6.07) is 1.09. The van der Waals surface area contributed by atoms with Gasteiger partial charge in [0.05, 0.1) is 6.17 Å². The van der Waals surface area contributed by atoms with E-state index < -0.39 is 0 Å². The Morgan fingerprint density at radius 2 is 1.00 bits per heavy atom. The molecule has 0 aliphatic rings. The maximum atomic E-state index is 3.50. The van der Waals surface area contributed by atoms with Crippen molar-refractivity contribution in [3.05, 3.63) is 0 Å². The average molecular weight is 172 g/mol. The highest BCUT2D eigenvalue weighted by atomic mass is 15.1. The van der Waals surface area contributed by atoms with Crippen LogP contribution in [0.2, 0.25) is 0 Å². The zero-order valence-corrected chi connectivity index (χ0v) is 9.31. The minimum atomic E-state index is 0.435. The van der Waals surface area contributed by atoms with Crippen molar-refractivity contribution in [2.45, 2.75) is 59.8 Å². The third-order valence-corrected chi connectivity index (χ3v) is 1.69. The van der Waals surface area contributed by atoms with Crippen molar-refractivity contribution < 1.29 is 0 Å². The van der Waals surface area contributed by atoms with Crippen molar-refractivity contribution in [3.63, 3.8) is 0 Å². The lowest BCUT2D eigenvalue weighted by atomic mass is 10.1. The van der Waals surface area contributed by atoms with Crippen LogP contribution in [0.15, 0.2) is 0 Å². The molecule has 0 fully saturated rings. The van der Waals surface area contributed by atoms with Gasteiger partial charge in [-0.25, -0.2) is 0 Å². The molecule has 0 aliphatic carbocycles. The summed E-state index contributed by atoms with van der Waals surface area (Å²) in [6.45, 7) is 13.2. The zero-order chi connectivity index (χ0) is 9.72. The van der Waals surface area contributed by atoms with Gasteiger partial charge in [-0.1, -0.05) is 13.8 Å². The number of hydrogen-bond acceptors (Lipinski definition) is 2. The van der Waals surface area contributed by atoms with E-state index in [2.05, 4.69) is 52.2 Å². The predicted octanol–water partition coefficient (Wildman–Crippen LogP) is 1.96. The van der Waals surface area contributed by atoms with Crippen LogP contribution in [-0.4, -0.2) is 18.2 Å². The molecule has 0 saturated heterocycles. The fraction of sp³-hybridized carbons (Fsp3) is 1.00. The number of nitrogens with one attached hydrogen (secondary N) is 2. The summed E-state index contributed by atoms with van der Waals surface area (Å²) in [7, 11) is 0. The molecule has 2 N–H and O–H groups in total. The minimum absolute atomic E-state index is 0.435. The first kappa shape index (κ1) is 11.9. The summed E-state index contributed by atoms with van der Waals surface area (Å²) in [4.78, 5) is 0. The van der Waals surface area contributed by atoms with Crippen molar-refractivity contribution >= 4 is 0 Å². The summed E-state index contributed by atoms with van der Waals surface area (Å²) in [5.74, 6) is 0.634. The summed E-state index contributed by atoms with van der Waals surface area (Å²) in [5, 5.41) is 7.00. The van der Waals surface area contributed by atoms with E-state index in [-0.39, 0.29) is 0 Å². The summed E-state index contributed by atoms with van der Waals surface area (Å²) >= 11 is 0. The van der Waals surface area contributed by atoms with Gasteiger partial charge in [0.2, 0.25) is 0 Å². The molecule has 0 heterocycles. The fourth-order valence-electron chi connectivity index (χ4n) is 1.15. The lowest BCUT2D eigenvalue weighted by molar-refractivity contribution is 0.294. The van der Waals surface area contributed by atoms with Crippen molar-refractivity contribution in [2.24, 2.45) is 5.92 Å². The average Bonchev–Trinajstić information content (AvgIpc) is 1.83. The number of rotatable bonds is 5. The first-order valence-electron chi connectivity index (χ1n) is 4.95. The molecule has 2 heteroatoms. The molecule has 0 atom stereocenters. The van der Waals surface area contributed by atoms with Gasteiger partial charge in [0.1, 0.15) is 0 Å². The molecule has 0 unspecified atom stereocenters. The second-order valence-electron chi connectivity index (χ2n) is 4.36. The van der Waals surface area contributed by atoms with E-state index in [1.807, 2.05) is 0 Å². The Labute approximate surface area is 77.1 Å². The lowest BCUT2D eigenvalue weighted by Crippen LogP contribution is -2.51. The van der Waals surface area contributed by atoms with Gasteiger partial charge in [-0.05, 0) is 33.6 Å². The van der Waals surface area contributed by atoms with Gasteiger partial charge in [-0.2, -0.15) is 0 Å². The molecule has 0 radical (unpaired) electrons.